The van der Waals surface area contributed by atoms with Crippen molar-refractivity contribution < 1.29 is 4.74 Å². The Morgan fingerprint density at radius 3 is 3.06 bits per heavy atom. The van der Waals surface area contributed by atoms with Gasteiger partial charge in [0.1, 0.15) is 0 Å². The molecule has 2 N–H and O–H groups in total. The maximum atomic E-state index is 6.33. The fourth-order valence-corrected chi connectivity index (χ4v) is 3.38. The van der Waals surface area contributed by atoms with Crippen LogP contribution in [-0.2, 0) is 4.74 Å². The van der Waals surface area contributed by atoms with Crippen molar-refractivity contribution in [1.82, 2.24) is 4.90 Å². The first-order chi connectivity index (χ1) is 8.24. The highest BCUT2D eigenvalue weighted by Crippen LogP contribution is 2.31. The van der Waals surface area contributed by atoms with Crippen molar-refractivity contribution in [2.75, 3.05) is 19.8 Å². The topological polar surface area (TPSA) is 38.5 Å². The van der Waals surface area contributed by atoms with E-state index in [0.717, 1.165) is 26.2 Å². The fraction of sp³-hybridized carbons (Fsp3) is 0.692. The molecule has 1 aromatic heterocycles. The molecule has 0 amide bonds. The molecule has 17 heavy (non-hydrogen) atoms. The van der Waals surface area contributed by atoms with E-state index in [1.807, 2.05) is 11.3 Å². The lowest BCUT2D eigenvalue weighted by atomic mass is 10.0. The molecule has 0 bridgehead atoms. The first-order valence-electron chi connectivity index (χ1n) is 6.36. The third-order valence-corrected chi connectivity index (χ3v) is 4.43. The third kappa shape index (κ3) is 2.88. The average molecular weight is 254 g/mol. The molecule has 0 aromatic carbocycles. The largest absolute Gasteiger partial charge is 0.379 e. The zero-order valence-corrected chi connectivity index (χ0v) is 11.5. The van der Waals surface area contributed by atoms with Gasteiger partial charge in [0.15, 0.2) is 0 Å². The van der Waals surface area contributed by atoms with E-state index in [9.17, 15) is 0 Å². The van der Waals surface area contributed by atoms with Crippen molar-refractivity contribution in [3.8, 4) is 0 Å². The van der Waals surface area contributed by atoms with E-state index < -0.39 is 0 Å². The number of hydrogen-bond donors (Lipinski definition) is 1. The van der Waals surface area contributed by atoms with E-state index in [4.69, 9.17) is 10.5 Å². The summed E-state index contributed by atoms with van der Waals surface area (Å²) in [4.78, 5) is 3.89. The maximum absolute atomic E-state index is 6.33. The summed E-state index contributed by atoms with van der Waals surface area (Å²) in [6.45, 7) is 7.01. The number of hydrogen-bond acceptors (Lipinski definition) is 4. The molecule has 2 rings (SSSR count). The minimum Gasteiger partial charge on any atom is -0.379 e. The van der Waals surface area contributed by atoms with Crippen molar-refractivity contribution >= 4 is 11.3 Å². The lowest BCUT2D eigenvalue weighted by Crippen LogP contribution is -2.50. The molecule has 3 unspecified atom stereocenters. The van der Waals surface area contributed by atoms with Gasteiger partial charge in [-0.2, -0.15) is 0 Å². The summed E-state index contributed by atoms with van der Waals surface area (Å²) in [6, 6.07) is 5.31. The predicted molar refractivity (Wildman–Crippen MR) is 72.3 cm³/mol. The predicted octanol–water partition coefficient (Wildman–Crippen LogP) is 2.25. The van der Waals surface area contributed by atoms with Crippen LogP contribution < -0.4 is 5.73 Å². The monoisotopic (exact) mass is 254 g/mol. The first kappa shape index (κ1) is 13.0. The Balaban J connectivity index is 2.20. The fourth-order valence-electron chi connectivity index (χ4n) is 2.46. The number of nitrogens with zero attached hydrogens (tertiary/aromatic N) is 1. The number of nitrogens with two attached hydrogens (primary N) is 1. The summed E-state index contributed by atoms with van der Waals surface area (Å²) in [7, 11) is 0. The van der Waals surface area contributed by atoms with Crippen LogP contribution >= 0.6 is 11.3 Å². The van der Waals surface area contributed by atoms with Crippen molar-refractivity contribution in [2.45, 2.75) is 38.4 Å². The zero-order chi connectivity index (χ0) is 12.3. The van der Waals surface area contributed by atoms with Gasteiger partial charge >= 0.3 is 0 Å². The molecular weight excluding hydrogens is 232 g/mol. The highest BCUT2D eigenvalue weighted by molar-refractivity contribution is 7.10. The van der Waals surface area contributed by atoms with Crippen LogP contribution in [0.25, 0.3) is 0 Å². The molecule has 2 heterocycles. The lowest BCUT2D eigenvalue weighted by molar-refractivity contribution is -0.0274. The quantitative estimate of drug-likeness (QED) is 0.895. The molecule has 3 atom stereocenters. The highest BCUT2D eigenvalue weighted by Gasteiger charge is 2.31. The van der Waals surface area contributed by atoms with Gasteiger partial charge in [-0.05, 0) is 24.8 Å². The van der Waals surface area contributed by atoms with Gasteiger partial charge in [-0.3, -0.25) is 4.90 Å². The Morgan fingerprint density at radius 2 is 2.47 bits per heavy atom. The highest BCUT2D eigenvalue weighted by atomic mass is 32.1. The van der Waals surface area contributed by atoms with E-state index in [-0.39, 0.29) is 6.04 Å². The van der Waals surface area contributed by atoms with E-state index in [2.05, 4.69) is 36.3 Å². The van der Waals surface area contributed by atoms with Gasteiger partial charge in [0.05, 0.1) is 19.3 Å². The van der Waals surface area contributed by atoms with Gasteiger partial charge in [-0.15, -0.1) is 11.3 Å². The average Bonchev–Trinajstić information content (AvgIpc) is 2.85. The molecular formula is C13H22N2OS. The maximum Gasteiger partial charge on any atom is 0.0620 e. The van der Waals surface area contributed by atoms with Crippen molar-refractivity contribution in [3.05, 3.63) is 22.4 Å². The third-order valence-electron chi connectivity index (χ3n) is 3.49. The Bertz CT molecular complexity index is 328. The zero-order valence-electron chi connectivity index (χ0n) is 10.6. The van der Waals surface area contributed by atoms with Crippen LogP contribution in [0.5, 0.6) is 0 Å². The summed E-state index contributed by atoms with van der Waals surface area (Å²) in [5, 5.41) is 2.13. The van der Waals surface area contributed by atoms with Crippen molar-refractivity contribution in [3.63, 3.8) is 0 Å². The van der Waals surface area contributed by atoms with Crippen LogP contribution in [0.15, 0.2) is 17.5 Å². The van der Waals surface area contributed by atoms with E-state index in [1.165, 1.54) is 4.88 Å². The molecule has 3 nitrogen and oxygen atoms in total. The SMILES string of the molecule is CCC(N)C(c1cccs1)N1CCOCC1C. The van der Waals surface area contributed by atoms with Crippen LogP contribution in [-0.4, -0.2) is 36.7 Å². The molecule has 1 fully saturated rings. The summed E-state index contributed by atoms with van der Waals surface area (Å²) >= 11 is 1.81. The number of ether oxygens (including phenoxy) is 1. The van der Waals surface area contributed by atoms with Crippen LogP contribution in [0.2, 0.25) is 0 Å². The Kier molecular flexibility index (Phi) is 4.56. The molecule has 1 aliphatic heterocycles. The van der Waals surface area contributed by atoms with Crippen LogP contribution in [0.3, 0.4) is 0 Å². The van der Waals surface area contributed by atoms with E-state index in [1.54, 1.807) is 0 Å². The minimum absolute atomic E-state index is 0.203. The van der Waals surface area contributed by atoms with Crippen LogP contribution in [0.1, 0.15) is 31.2 Å². The second kappa shape index (κ2) is 5.96. The summed E-state index contributed by atoms with van der Waals surface area (Å²) < 4.78 is 5.51. The Morgan fingerprint density at radius 1 is 1.65 bits per heavy atom. The minimum atomic E-state index is 0.203. The smallest absolute Gasteiger partial charge is 0.0620 e. The van der Waals surface area contributed by atoms with E-state index >= 15 is 0 Å². The standard InChI is InChI=1S/C13H22N2OS/c1-3-11(14)13(12-5-4-8-17-12)15-6-7-16-9-10(15)2/h4-5,8,10-11,13H,3,6-7,9,14H2,1-2H3. The van der Waals surface area contributed by atoms with Gasteiger partial charge in [-0.25, -0.2) is 0 Å². The Labute approximate surface area is 108 Å². The lowest BCUT2D eigenvalue weighted by Gasteiger charge is -2.41. The first-order valence-corrected chi connectivity index (χ1v) is 7.24. The summed E-state index contributed by atoms with van der Waals surface area (Å²) in [5.41, 5.74) is 6.33. The van der Waals surface area contributed by atoms with Crippen molar-refractivity contribution in [1.29, 1.82) is 0 Å². The van der Waals surface area contributed by atoms with Gasteiger partial charge in [-0.1, -0.05) is 13.0 Å². The molecule has 1 saturated heterocycles. The van der Waals surface area contributed by atoms with Crippen LogP contribution in [0.4, 0.5) is 0 Å². The molecule has 1 aliphatic rings. The number of thiophene rings is 1. The van der Waals surface area contributed by atoms with Gasteiger partial charge in [0, 0.05) is 23.5 Å². The molecule has 0 saturated carbocycles. The Hall–Kier alpha value is -0.420. The molecule has 0 aliphatic carbocycles. The van der Waals surface area contributed by atoms with Gasteiger partial charge < -0.3 is 10.5 Å². The molecule has 1 aromatic rings. The molecule has 96 valence electrons. The summed E-state index contributed by atoms with van der Waals surface area (Å²) in [5.74, 6) is 0. The van der Waals surface area contributed by atoms with Gasteiger partial charge in [0.2, 0.25) is 0 Å². The number of rotatable bonds is 4. The molecule has 4 heteroatoms. The van der Waals surface area contributed by atoms with Crippen molar-refractivity contribution in [2.24, 2.45) is 5.73 Å². The van der Waals surface area contributed by atoms with Crippen LogP contribution in [0, 0.1) is 0 Å². The molecule has 0 radical (unpaired) electrons. The number of morpholine rings is 1. The second-order valence-corrected chi connectivity index (χ2v) is 5.67. The molecule has 0 spiro atoms. The van der Waals surface area contributed by atoms with Gasteiger partial charge in [0.25, 0.3) is 0 Å². The summed E-state index contributed by atoms with van der Waals surface area (Å²) in [6.07, 6.45) is 1.01. The van der Waals surface area contributed by atoms with E-state index in [0.29, 0.717) is 12.1 Å². The normalized spacial score (nSPS) is 25.7. The second-order valence-electron chi connectivity index (χ2n) is 4.69.